The van der Waals surface area contributed by atoms with E-state index in [0.717, 1.165) is 16.7 Å². The summed E-state index contributed by atoms with van der Waals surface area (Å²) in [5, 5.41) is 39.3. The zero-order valence-electron chi connectivity index (χ0n) is 17.4. The van der Waals surface area contributed by atoms with Gasteiger partial charge in [-0.3, -0.25) is 4.79 Å². The number of hydrogen-bond acceptors (Lipinski definition) is 5. The van der Waals surface area contributed by atoms with Gasteiger partial charge in [0.1, 0.15) is 11.5 Å². The first-order valence-corrected chi connectivity index (χ1v) is 10.4. The zero-order chi connectivity index (χ0) is 22.5. The fourth-order valence-electron chi connectivity index (χ4n) is 4.14. The van der Waals surface area contributed by atoms with Gasteiger partial charge in [-0.05, 0) is 54.7 Å². The number of carboxylic acids is 1. The fourth-order valence-corrected chi connectivity index (χ4v) is 4.14. The Morgan fingerprint density at radius 3 is 2.48 bits per heavy atom. The van der Waals surface area contributed by atoms with E-state index >= 15 is 0 Å². The van der Waals surface area contributed by atoms with Crippen molar-refractivity contribution in [3.05, 3.63) is 76.9 Å². The molecule has 1 aliphatic carbocycles. The number of ketones is 1. The highest BCUT2D eigenvalue weighted by Gasteiger charge is 2.39. The van der Waals surface area contributed by atoms with Crippen LogP contribution in [0.15, 0.2) is 54.6 Å². The van der Waals surface area contributed by atoms with Gasteiger partial charge in [0.2, 0.25) is 0 Å². The molecule has 0 unspecified atom stereocenters. The Hall–Kier alpha value is -2.96. The normalized spacial score (nSPS) is 22.2. The van der Waals surface area contributed by atoms with Crippen molar-refractivity contribution >= 4 is 11.8 Å². The minimum atomic E-state index is -0.980. The highest BCUT2D eigenvalue weighted by atomic mass is 16.4. The van der Waals surface area contributed by atoms with E-state index in [4.69, 9.17) is 5.11 Å². The molecule has 0 aromatic heterocycles. The van der Waals surface area contributed by atoms with Gasteiger partial charge in [-0.15, -0.1) is 0 Å². The molecular formula is C25H28O6. The maximum Gasteiger partial charge on any atom is 0.335 e. The standard InChI is InChI=1S/C25H28O6/c1-15-12-17(5-11-22(15)27)13-19(26)8-10-21-20(23(28)14-24(21)29)9-4-16-2-6-18(7-3-16)25(30)31/h2-3,5-8,10-12,19-21,24,26-27,29H,4,9,13-14H2,1H3,(H,30,31)/b10-8+/t19-,20-,21-,24-/m1/s1. The minimum absolute atomic E-state index is 0.00737. The first-order chi connectivity index (χ1) is 14.7. The summed E-state index contributed by atoms with van der Waals surface area (Å²) < 4.78 is 0. The van der Waals surface area contributed by atoms with Gasteiger partial charge in [0.25, 0.3) is 0 Å². The Morgan fingerprint density at radius 2 is 1.84 bits per heavy atom. The van der Waals surface area contributed by atoms with Gasteiger partial charge in [-0.1, -0.05) is 36.4 Å². The number of aromatic hydroxyl groups is 1. The largest absolute Gasteiger partial charge is 0.508 e. The van der Waals surface area contributed by atoms with Crippen molar-refractivity contribution in [1.82, 2.24) is 0 Å². The van der Waals surface area contributed by atoms with E-state index in [9.17, 15) is 24.9 Å². The van der Waals surface area contributed by atoms with Crippen LogP contribution in [0.2, 0.25) is 0 Å². The summed E-state index contributed by atoms with van der Waals surface area (Å²) in [5.41, 5.74) is 2.78. The third-order valence-corrected chi connectivity index (χ3v) is 5.94. The van der Waals surface area contributed by atoms with Crippen molar-refractivity contribution < 1.29 is 30.0 Å². The molecule has 4 N–H and O–H groups in total. The van der Waals surface area contributed by atoms with Crippen molar-refractivity contribution in [1.29, 1.82) is 0 Å². The molecule has 2 aromatic carbocycles. The van der Waals surface area contributed by atoms with Gasteiger partial charge in [0, 0.05) is 24.7 Å². The molecule has 1 aliphatic rings. The Bertz CT molecular complexity index is 962. The Morgan fingerprint density at radius 1 is 1.16 bits per heavy atom. The van der Waals surface area contributed by atoms with Crippen LogP contribution >= 0.6 is 0 Å². The average molecular weight is 424 g/mol. The molecule has 31 heavy (non-hydrogen) atoms. The van der Waals surface area contributed by atoms with Gasteiger partial charge in [0.05, 0.1) is 17.8 Å². The number of hydrogen-bond donors (Lipinski definition) is 4. The van der Waals surface area contributed by atoms with Gasteiger partial charge >= 0.3 is 5.97 Å². The summed E-state index contributed by atoms with van der Waals surface area (Å²) in [6, 6.07) is 11.7. The predicted octanol–water partition coefficient (Wildman–Crippen LogP) is 3.06. The van der Waals surface area contributed by atoms with Crippen molar-refractivity contribution in [2.24, 2.45) is 11.8 Å². The van der Waals surface area contributed by atoms with Crippen LogP contribution in [0, 0.1) is 18.8 Å². The summed E-state index contributed by atoms with van der Waals surface area (Å²) in [6.07, 6.45) is 3.45. The molecule has 0 spiro atoms. The van der Waals surface area contributed by atoms with Crippen LogP contribution in [0.25, 0.3) is 0 Å². The first-order valence-electron chi connectivity index (χ1n) is 10.4. The molecule has 164 valence electrons. The van der Waals surface area contributed by atoms with E-state index in [1.807, 2.05) is 6.07 Å². The number of aryl methyl sites for hydroxylation is 2. The van der Waals surface area contributed by atoms with E-state index in [-0.39, 0.29) is 35.4 Å². The number of rotatable bonds is 8. The van der Waals surface area contributed by atoms with Crippen LogP contribution in [-0.2, 0) is 17.6 Å². The number of Topliss-reactive ketones (excluding diaryl/α,β-unsaturated/α-hetero) is 1. The molecule has 4 atom stereocenters. The maximum atomic E-state index is 12.4. The van der Waals surface area contributed by atoms with Crippen molar-refractivity contribution in [3.63, 3.8) is 0 Å². The van der Waals surface area contributed by atoms with Gasteiger partial charge in [-0.25, -0.2) is 4.79 Å². The van der Waals surface area contributed by atoms with Crippen molar-refractivity contribution in [2.75, 3.05) is 0 Å². The molecule has 6 nitrogen and oxygen atoms in total. The highest BCUT2D eigenvalue weighted by Crippen LogP contribution is 2.34. The number of aliphatic hydroxyl groups is 2. The van der Waals surface area contributed by atoms with Crippen molar-refractivity contribution in [2.45, 2.75) is 44.8 Å². The monoisotopic (exact) mass is 424 g/mol. The Kier molecular flexibility index (Phi) is 7.25. The summed E-state index contributed by atoms with van der Waals surface area (Å²) in [7, 11) is 0. The third kappa shape index (κ3) is 5.81. The Labute approximate surface area is 181 Å². The molecule has 0 radical (unpaired) electrons. The fraction of sp³-hybridized carbons (Fsp3) is 0.360. The molecule has 0 bridgehead atoms. The second kappa shape index (κ2) is 9.90. The molecule has 0 amide bonds. The molecule has 0 saturated heterocycles. The molecule has 1 saturated carbocycles. The average Bonchev–Trinajstić information content (AvgIpc) is 3.00. The van der Waals surface area contributed by atoms with Crippen LogP contribution in [-0.4, -0.2) is 44.4 Å². The zero-order valence-corrected chi connectivity index (χ0v) is 17.4. The van der Waals surface area contributed by atoms with E-state index in [1.54, 1.807) is 55.5 Å². The lowest BCUT2D eigenvalue weighted by Gasteiger charge is -2.18. The van der Waals surface area contributed by atoms with Crippen LogP contribution in [0.3, 0.4) is 0 Å². The first kappa shape index (κ1) is 22.7. The SMILES string of the molecule is Cc1cc(C[C@H](O)/C=C/[C@H]2[C@H](O)CC(=O)[C@@H]2CCc2ccc(C(=O)O)cc2)ccc1O. The van der Waals surface area contributed by atoms with Gasteiger partial charge in [-0.2, -0.15) is 0 Å². The summed E-state index contributed by atoms with van der Waals surface area (Å²) in [4.78, 5) is 23.4. The number of carbonyl (C=O) groups excluding carboxylic acids is 1. The lowest BCUT2D eigenvalue weighted by molar-refractivity contribution is -0.121. The number of carbonyl (C=O) groups is 2. The lowest BCUT2D eigenvalue weighted by atomic mass is 9.88. The number of phenols is 1. The number of aliphatic hydroxyl groups excluding tert-OH is 2. The molecular weight excluding hydrogens is 396 g/mol. The number of aromatic carboxylic acids is 1. The quantitative estimate of drug-likeness (QED) is 0.484. The summed E-state index contributed by atoms with van der Waals surface area (Å²) in [5.74, 6) is -1.46. The van der Waals surface area contributed by atoms with Crippen LogP contribution in [0.4, 0.5) is 0 Å². The second-order valence-electron chi connectivity index (χ2n) is 8.24. The smallest absolute Gasteiger partial charge is 0.335 e. The second-order valence-corrected chi connectivity index (χ2v) is 8.24. The summed E-state index contributed by atoms with van der Waals surface area (Å²) in [6.45, 7) is 1.79. The van der Waals surface area contributed by atoms with Crippen LogP contribution < -0.4 is 0 Å². The number of carboxylic acid groups (broad SMARTS) is 1. The lowest BCUT2D eigenvalue weighted by Crippen LogP contribution is -2.20. The van der Waals surface area contributed by atoms with Gasteiger partial charge < -0.3 is 20.4 Å². The van der Waals surface area contributed by atoms with E-state index in [0.29, 0.717) is 19.3 Å². The molecule has 0 heterocycles. The van der Waals surface area contributed by atoms with E-state index in [1.165, 1.54) is 0 Å². The summed E-state index contributed by atoms with van der Waals surface area (Å²) >= 11 is 0. The third-order valence-electron chi connectivity index (χ3n) is 5.94. The van der Waals surface area contributed by atoms with Crippen LogP contribution in [0.1, 0.15) is 39.9 Å². The molecule has 0 aliphatic heterocycles. The highest BCUT2D eigenvalue weighted by molar-refractivity contribution is 5.87. The minimum Gasteiger partial charge on any atom is -0.508 e. The van der Waals surface area contributed by atoms with Crippen molar-refractivity contribution in [3.8, 4) is 5.75 Å². The van der Waals surface area contributed by atoms with Gasteiger partial charge in [0.15, 0.2) is 0 Å². The van der Waals surface area contributed by atoms with Crippen LogP contribution in [0.5, 0.6) is 5.75 Å². The van der Waals surface area contributed by atoms with E-state index in [2.05, 4.69) is 0 Å². The molecule has 3 rings (SSSR count). The molecule has 6 heteroatoms. The predicted molar refractivity (Wildman–Crippen MR) is 116 cm³/mol. The topological polar surface area (TPSA) is 115 Å². The Balaban J connectivity index is 1.61. The maximum absolute atomic E-state index is 12.4. The molecule has 1 fully saturated rings. The number of phenolic OH excluding ortho intramolecular Hbond substituents is 1. The van der Waals surface area contributed by atoms with E-state index < -0.39 is 18.2 Å². The number of benzene rings is 2. The molecule has 2 aromatic rings.